The van der Waals surface area contributed by atoms with Crippen molar-refractivity contribution in [2.45, 2.75) is 24.3 Å². The van der Waals surface area contributed by atoms with E-state index in [-0.39, 0.29) is 0 Å². The molecule has 0 spiro atoms. The average Bonchev–Trinajstić information content (AvgIpc) is 2.56. The predicted octanol–water partition coefficient (Wildman–Crippen LogP) is 4.71. The summed E-state index contributed by atoms with van der Waals surface area (Å²) in [5, 5.41) is 9.87. The van der Waals surface area contributed by atoms with Crippen molar-refractivity contribution in [1.82, 2.24) is 15.2 Å². The van der Waals surface area contributed by atoms with E-state index in [4.69, 9.17) is 4.98 Å². The molecule has 3 rings (SSSR count). The fourth-order valence-corrected chi connectivity index (χ4v) is 2.81. The second kappa shape index (κ2) is 6.71. The van der Waals surface area contributed by atoms with Crippen LogP contribution in [0.3, 0.4) is 0 Å². The van der Waals surface area contributed by atoms with Crippen molar-refractivity contribution in [2.24, 2.45) is 0 Å². The lowest BCUT2D eigenvalue weighted by molar-refractivity contribution is 0.845. The molecule has 1 heterocycles. The van der Waals surface area contributed by atoms with Gasteiger partial charge < -0.3 is 0 Å². The normalized spacial score (nSPS) is 10.9. The molecule has 0 fully saturated rings. The van der Waals surface area contributed by atoms with Crippen LogP contribution in [-0.4, -0.2) is 20.4 Å². The van der Waals surface area contributed by atoms with Gasteiger partial charge in [0.05, 0.1) is 0 Å². The summed E-state index contributed by atoms with van der Waals surface area (Å²) >= 11 is 1.63. The smallest absolute Gasteiger partial charge is 0.209 e. The number of hydrogen-bond donors (Lipinski definition) is 0. The van der Waals surface area contributed by atoms with Gasteiger partial charge in [0, 0.05) is 16.4 Å². The summed E-state index contributed by atoms with van der Waals surface area (Å²) in [6, 6.07) is 20.2. The molecular weight excluding hydrogens is 290 g/mol. The first kappa shape index (κ1) is 14.7. The van der Waals surface area contributed by atoms with Crippen LogP contribution in [0.25, 0.3) is 22.5 Å². The maximum absolute atomic E-state index is 4.75. The third-order valence-electron chi connectivity index (χ3n) is 3.10. The first-order valence-corrected chi connectivity index (χ1v) is 8.14. The van der Waals surface area contributed by atoms with Crippen molar-refractivity contribution < 1.29 is 0 Å². The monoisotopic (exact) mass is 307 g/mol. The highest BCUT2D eigenvalue weighted by Crippen LogP contribution is 2.30. The Kier molecular flexibility index (Phi) is 4.49. The molecule has 0 aliphatic carbocycles. The summed E-state index contributed by atoms with van der Waals surface area (Å²) in [5.41, 5.74) is 3.79. The van der Waals surface area contributed by atoms with Crippen LogP contribution in [0.5, 0.6) is 0 Å². The van der Waals surface area contributed by atoms with Crippen molar-refractivity contribution in [3.63, 3.8) is 0 Å². The largest absolute Gasteiger partial charge is 0.219 e. The lowest BCUT2D eigenvalue weighted by Gasteiger charge is -2.10. The van der Waals surface area contributed by atoms with Crippen molar-refractivity contribution in [3.8, 4) is 22.5 Å². The first-order chi connectivity index (χ1) is 10.7. The molecule has 3 aromatic rings. The first-order valence-electron chi connectivity index (χ1n) is 7.26. The van der Waals surface area contributed by atoms with Gasteiger partial charge in [0.15, 0.2) is 0 Å². The quantitative estimate of drug-likeness (QED) is 0.655. The minimum atomic E-state index is 0.424. The van der Waals surface area contributed by atoms with Crippen molar-refractivity contribution >= 4 is 11.8 Å². The number of hydrogen-bond acceptors (Lipinski definition) is 4. The van der Waals surface area contributed by atoms with Gasteiger partial charge in [-0.1, -0.05) is 86.3 Å². The van der Waals surface area contributed by atoms with Crippen LogP contribution < -0.4 is 0 Å². The molecule has 0 aliphatic rings. The lowest BCUT2D eigenvalue weighted by Crippen LogP contribution is -2.00. The van der Waals surface area contributed by atoms with Crippen LogP contribution in [0.2, 0.25) is 0 Å². The van der Waals surface area contributed by atoms with Gasteiger partial charge in [-0.25, -0.2) is 4.98 Å². The molecule has 0 N–H and O–H groups in total. The number of benzene rings is 2. The van der Waals surface area contributed by atoms with E-state index in [1.165, 1.54) is 0 Å². The third-order valence-corrected chi connectivity index (χ3v) is 3.96. The maximum Gasteiger partial charge on any atom is 0.209 e. The van der Waals surface area contributed by atoms with Crippen LogP contribution in [0, 0.1) is 0 Å². The van der Waals surface area contributed by atoms with E-state index in [0.717, 1.165) is 22.5 Å². The summed E-state index contributed by atoms with van der Waals surface area (Å²) in [6.07, 6.45) is 0. The molecule has 4 heteroatoms. The standard InChI is InChI=1S/C18H17N3S/c1-13(2)22-18-19-16(14-9-5-3-6-10-14)17(20-21-18)15-11-7-4-8-12-15/h3-13H,1-2H3. The Morgan fingerprint density at radius 2 is 1.27 bits per heavy atom. The second-order valence-corrected chi connectivity index (χ2v) is 6.73. The molecule has 110 valence electrons. The third kappa shape index (κ3) is 3.34. The Hall–Kier alpha value is -2.20. The van der Waals surface area contributed by atoms with Crippen LogP contribution in [-0.2, 0) is 0 Å². The Morgan fingerprint density at radius 1 is 0.727 bits per heavy atom. The SMILES string of the molecule is CC(C)Sc1nnc(-c2ccccc2)c(-c2ccccc2)n1. The maximum atomic E-state index is 4.75. The van der Waals surface area contributed by atoms with E-state index in [2.05, 4.69) is 36.2 Å². The van der Waals surface area contributed by atoms with E-state index < -0.39 is 0 Å². The Labute approximate surface area is 134 Å². The molecule has 3 nitrogen and oxygen atoms in total. The molecule has 22 heavy (non-hydrogen) atoms. The zero-order valence-corrected chi connectivity index (χ0v) is 13.4. The number of thioether (sulfide) groups is 1. The van der Waals surface area contributed by atoms with Gasteiger partial charge in [-0.05, 0) is 0 Å². The molecule has 0 bridgehead atoms. The lowest BCUT2D eigenvalue weighted by atomic mass is 10.0. The minimum absolute atomic E-state index is 0.424. The second-order valence-electron chi connectivity index (χ2n) is 5.19. The zero-order valence-electron chi connectivity index (χ0n) is 12.6. The van der Waals surface area contributed by atoms with Gasteiger partial charge in [0.2, 0.25) is 5.16 Å². The van der Waals surface area contributed by atoms with Gasteiger partial charge >= 0.3 is 0 Å². The highest BCUT2D eigenvalue weighted by atomic mass is 32.2. The molecule has 2 aromatic carbocycles. The molecule has 1 aromatic heterocycles. The number of rotatable bonds is 4. The molecule has 0 atom stereocenters. The number of nitrogens with zero attached hydrogens (tertiary/aromatic N) is 3. The molecule has 0 radical (unpaired) electrons. The van der Waals surface area contributed by atoms with Crippen LogP contribution in [0.4, 0.5) is 0 Å². The average molecular weight is 307 g/mol. The van der Waals surface area contributed by atoms with Gasteiger partial charge in [-0.15, -0.1) is 10.2 Å². The topological polar surface area (TPSA) is 38.7 Å². The Morgan fingerprint density at radius 3 is 1.82 bits per heavy atom. The van der Waals surface area contributed by atoms with E-state index in [9.17, 15) is 0 Å². The fraction of sp³-hybridized carbons (Fsp3) is 0.167. The van der Waals surface area contributed by atoms with Crippen LogP contribution >= 0.6 is 11.8 Å². The van der Waals surface area contributed by atoms with E-state index >= 15 is 0 Å². The summed E-state index contributed by atoms with van der Waals surface area (Å²) in [6.45, 7) is 4.25. The summed E-state index contributed by atoms with van der Waals surface area (Å²) in [7, 11) is 0. The zero-order chi connectivity index (χ0) is 15.4. The summed E-state index contributed by atoms with van der Waals surface area (Å²) in [5.74, 6) is 0. The molecule has 0 saturated heterocycles. The van der Waals surface area contributed by atoms with E-state index in [1.54, 1.807) is 11.8 Å². The molecule has 0 aliphatic heterocycles. The van der Waals surface area contributed by atoms with Crippen LogP contribution in [0.1, 0.15) is 13.8 Å². The van der Waals surface area contributed by atoms with Gasteiger partial charge in [0.25, 0.3) is 0 Å². The molecule has 0 unspecified atom stereocenters. The van der Waals surface area contributed by atoms with Gasteiger partial charge in [0.1, 0.15) is 11.4 Å². The molecule has 0 saturated carbocycles. The van der Waals surface area contributed by atoms with Gasteiger partial charge in [-0.3, -0.25) is 0 Å². The molecular formula is C18H17N3S. The summed E-state index contributed by atoms with van der Waals surface area (Å²) in [4.78, 5) is 4.75. The Bertz CT molecular complexity index is 743. The fourth-order valence-electron chi connectivity index (χ4n) is 2.16. The van der Waals surface area contributed by atoms with Crippen molar-refractivity contribution in [3.05, 3.63) is 60.7 Å². The summed E-state index contributed by atoms with van der Waals surface area (Å²) < 4.78 is 0. The number of aromatic nitrogens is 3. The minimum Gasteiger partial charge on any atom is -0.219 e. The highest BCUT2D eigenvalue weighted by molar-refractivity contribution is 7.99. The highest BCUT2D eigenvalue weighted by Gasteiger charge is 2.14. The van der Waals surface area contributed by atoms with Crippen molar-refractivity contribution in [2.75, 3.05) is 0 Å². The van der Waals surface area contributed by atoms with E-state index in [1.807, 2.05) is 48.5 Å². The van der Waals surface area contributed by atoms with Gasteiger partial charge in [-0.2, -0.15) is 0 Å². The van der Waals surface area contributed by atoms with Crippen molar-refractivity contribution in [1.29, 1.82) is 0 Å². The van der Waals surface area contributed by atoms with Crippen LogP contribution in [0.15, 0.2) is 65.8 Å². The predicted molar refractivity (Wildman–Crippen MR) is 91.7 cm³/mol. The molecule has 0 amide bonds. The Balaban J connectivity index is 2.13. The van der Waals surface area contributed by atoms with E-state index in [0.29, 0.717) is 10.4 Å².